The second kappa shape index (κ2) is 5.78. The van der Waals surface area contributed by atoms with Crippen LogP contribution in [0.3, 0.4) is 0 Å². The summed E-state index contributed by atoms with van der Waals surface area (Å²) in [6.07, 6.45) is 2.86. The highest BCUT2D eigenvalue weighted by atomic mass is 16.4. The van der Waals surface area contributed by atoms with Gasteiger partial charge in [0.1, 0.15) is 11.3 Å². The number of rotatable bonds is 5. The number of nitrogens with zero attached hydrogens (tertiary/aromatic N) is 4. The molecule has 8 heteroatoms. The first-order valence-electron chi connectivity index (χ1n) is 6.50. The number of aromatic carboxylic acids is 1. The number of aryl methyl sites for hydroxylation is 2. The first-order chi connectivity index (χ1) is 9.95. The summed E-state index contributed by atoms with van der Waals surface area (Å²) in [7, 11) is 1.53. The van der Waals surface area contributed by atoms with Crippen molar-refractivity contribution in [2.75, 3.05) is 0 Å². The fourth-order valence-electron chi connectivity index (χ4n) is 2.10. The molecule has 0 atom stereocenters. The zero-order valence-corrected chi connectivity index (χ0v) is 12.1. The molecule has 0 fully saturated rings. The molecule has 0 saturated carbocycles. The van der Waals surface area contributed by atoms with Crippen molar-refractivity contribution in [1.29, 1.82) is 0 Å². The Hall–Kier alpha value is -2.64. The lowest BCUT2D eigenvalue weighted by Crippen LogP contribution is -2.27. The van der Waals surface area contributed by atoms with E-state index in [1.807, 2.05) is 18.5 Å². The number of hydrogen-bond acceptors (Lipinski definition) is 4. The summed E-state index contributed by atoms with van der Waals surface area (Å²) < 4.78 is 3.08. The number of aromatic nitrogens is 4. The first kappa shape index (κ1) is 14.8. The van der Waals surface area contributed by atoms with Crippen LogP contribution in [-0.4, -0.2) is 36.5 Å². The number of amides is 1. The van der Waals surface area contributed by atoms with Gasteiger partial charge in [-0.15, -0.1) is 0 Å². The van der Waals surface area contributed by atoms with E-state index in [-0.39, 0.29) is 17.8 Å². The lowest BCUT2D eigenvalue weighted by molar-refractivity contribution is 0.0690. The largest absolute Gasteiger partial charge is 0.478 e. The normalized spacial score (nSPS) is 10.6. The summed E-state index contributed by atoms with van der Waals surface area (Å²) in [5, 5.41) is 19.7. The van der Waals surface area contributed by atoms with Gasteiger partial charge in [0.15, 0.2) is 0 Å². The van der Waals surface area contributed by atoms with Crippen LogP contribution in [0.2, 0.25) is 0 Å². The van der Waals surface area contributed by atoms with Gasteiger partial charge in [-0.25, -0.2) is 4.79 Å². The third-order valence-corrected chi connectivity index (χ3v) is 3.33. The van der Waals surface area contributed by atoms with Gasteiger partial charge < -0.3 is 10.4 Å². The second-order valence-corrected chi connectivity index (χ2v) is 4.59. The Morgan fingerprint density at radius 1 is 1.33 bits per heavy atom. The lowest BCUT2D eigenvalue weighted by Gasteiger charge is -2.07. The molecule has 0 saturated heterocycles. The Balaban J connectivity index is 2.14. The van der Waals surface area contributed by atoms with Gasteiger partial charge in [0.05, 0.1) is 12.4 Å². The molecule has 2 heterocycles. The third-order valence-electron chi connectivity index (χ3n) is 3.33. The van der Waals surface area contributed by atoms with Crippen LogP contribution in [0.5, 0.6) is 0 Å². The van der Waals surface area contributed by atoms with Crippen LogP contribution >= 0.6 is 0 Å². The van der Waals surface area contributed by atoms with E-state index >= 15 is 0 Å². The van der Waals surface area contributed by atoms with Gasteiger partial charge in [0, 0.05) is 31.4 Å². The van der Waals surface area contributed by atoms with Gasteiger partial charge >= 0.3 is 5.97 Å². The van der Waals surface area contributed by atoms with Crippen LogP contribution in [0.15, 0.2) is 12.4 Å². The molecule has 2 aromatic rings. The van der Waals surface area contributed by atoms with Gasteiger partial charge in [-0.1, -0.05) is 0 Å². The van der Waals surface area contributed by atoms with Crippen molar-refractivity contribution in [3.8, 4) is 0 Å². The molecule has 0 bridgehead atoms. The molecular weight excluding hydrogens is 274 g/mol. The van der Waals surface area contributed by atoms with Crippen molar-refractivity contribution in [1.82, 2.24) is 24.9 Å². The van der Waals surface area contributed by atoms with Crippen LogP contribution in [-0.2, 0) is 20.1 Å². The minimum atomic E-state index is -1.18. The zero-order valence-electron chi connectivity index (χ0n) is 12.1. The molecular formula is C13H17N5O3. The summed E-state index contributed by atoms with van der Waals surface area (Å²) in [6.45, 7) is 4.95. The second-order valence-electron chi connectivity index (χ2n) is 4.59. The van der Waals surface area contributed by atoms with Crippen molar-refractivity contribution >= 4 is 11.9 Å². The van der Waals surface area contributed by atoms with Crippen LogP contribution in [0.25, 0.3) is 0 Å². The third kappa shape index (κ3) is 2.78. The highest BCUT2D eigenvalue weighted by molar-refractivity contribution is 6.03. The highest BCUT2D eigenvalue weighted by Gasteiger charge is 2.21. The summed E-state index contributed by atoms with van der Waals surface area (Å²) in [5.74, 6) is -1.65. The van der Waals surface area contributed by atoms with E-state index in [0.717, 1.165) is 24.0 Å². The van der Waals surface area contributed by atoms with E-state index in [1.165, 1.54) is 11.7 Å². The number of nitrogens with one attached hydrogen (secondary N) is 1. The Morgan fingerprint density at radius 3 is 2.62 bits per heavy atom. The van der Waals surface area contributed by atoms with Crippen molar-refractivity contribution in [3.63, 3.8) is 0 Å². The number of carboxylic acid groups (broad SMARTS) is 1. The van der Waals surface area contributed by atoms with Gasteiger partial charge in [-0.05, 0) is 13.8 Å². The maximum Gasteiger partial charge on any atom is 0.339 e. The van der Waals surface area contributed by atoms with Crippen molar-refractivity contribution in [3.05, 3.63) is 34.9 Å². The quantitative estimate of drug-likeness (QED) is 0.838. The summed E-state index contributed by atoms with van der Waals surface area (Å²) in [5.41, 5.74) is 1.78. The monoisotopic (exact) mass is 291 g/mol. The summed E-state index contributed by atoms with van der Waals surface area (Å²) >= 11 is 0. The van der Waals surface area contributed by atoms with E-state index in [0.29, 0.717) is 0 Å². The van der Waals surface area contributed by atoms with E-state index in [9.17, 15) is 9.59 Å². The lowest BCUT2D eigenvalue weighted by atomic mass is 10.2. The minimum absolute atomic E-state index is 0.0306. The van der Waals surface area contributed by atoms with Crippen molar-refractivity contribution in [2.24, 2.45) is 7.05 Å². The molecule has 0 aromatic carbocycles. The predicted molar refractivity (Wildman–Crippen MR) is 74.0 cm³/mol. The van der Waals surface area contributed by atoms with E-state index in [2.05, 4.69) is 15.5 Å². The standard InChI is InChI=1S/C13H17N5O3/c1-4-18-8(2)9(6-16-18)5-14-12(19)11-10(13(20)21)7-15-17(11)3/h6-7H,4-5H2,1-3H3,(H,14,19)(H,20,21). The molecule has 0 aliphatic heterocycles. The molecule has 8 nitrogen and oxygen atoms in total. The van der Waals surface area contributed by atoms with Gasteiger partial charge in [-0.2, -0.15) is 10.2 Å². The molecule has 2 N–H and O–H groups in total. The number of carboxylic acids is 1. The van der Waals surface area contributed by atoms with E-state index in [1.54, 1.807) is 6.20 Å². The molecule has 0 aliphatic rings. The molecule has 0 unspecified atom stereocenters. The average Bonchev–Trinajstić information content (AvgIpc) is 2.99. The maximum absolute atomic E-state index is 12.2. The van der Waals surface area contributed by atoms with Crippen molar-refractivity contribution < 1.29 is 14.7 Å². The maximum atomic E-state index is 12.2. The van der Waals surface area contributed by atoms with E-state index < -0.39 is 11.9 Å². The van der Waals surface area contributed by atoms with Crippen LogP contribution in [0, 0.1) is 6.92 Å². The first-order valence-corrected chi connectivity index (χ1v) is 6.50. The number of hydrogen-bond donors (Lipinski definition) is 2. The number of carbonyl (C=O) groups is 2. The van der Waals surface area contributed by atoms with Crippen LogP contribution in [0.1, 0.15) is 39.0 Å². The molecule has 21 heavy (non-hydrogen) atoms. The summed E-state index contributed by atoms with van der Waals surface area (Å²) in [6, 6.07) is 0. The molecule has 0 aliphatic carbocycles. The Labute approximate surface area is 121 Å². The van der Waals surface area contributed by atoms with Gasteiger partial charge in [0.25, 0.3) is 5.91 Å². The van der Waals surface area contributed by atoms with Crippen LogP contribution in [0.4, 0.5) is 0 Å². The Bertz CT molecular complexity index is 686. The molecule has 1 amide bonds. The fraction of sp³-hybridized carbons (Fsp3) is 0.385. The SMILES string of the molecule is CCn1ncc(CNC(=O)c2c(C(=O)O)cnn2C)c1C. The topological polar surface area (TPSA) is 102 Å². The van der Waals surface area contributed by atoms with E-state index in [4.69, 9.17) is 5.11 Å². The predicted octanol–water partition coefficient (Wildman–Crippen LogP) is 0.573. The van der Waals surface area contributed by atoms with Crippen molar-refractivity contribution in [2.45, 2.75) is 26.9 Å². The smallest absolute Gasteiger partial charge is 0.339 e. The molecule has 0 spiro atoms. The summed E-state index contributed by atoms with van der Waals surface area (Å²) in [4.78, 5) is 23.2. The van der Waals surface area contributed by atoms with Crippen LogP contribution < -0.4 is 5.32 Å². The molecule has 2 aromatic heterocycles. The highest BCUT2D eigenvalue weighted by Crippen LogP contribution is 2.10. The molecule has 112 valence electrons. The van der Waals surface area contributed by atoms with Gasteiger partial charge in [0.2, 0.25) is 0 Å². The fourth-order valence-corrected chi connectivity index (χ4v) is 2.10. The number of carbonyl (C=O) groups excluding carboxylic acids is 1. The average molecular weight is 291 g/mol. The molecule has 0 radical (unpaired) electrons. The molecule has 2 rings (SSSR count). The minimum Gasteiger partial charge on any atom is -0.478 e. The zero-order chi connectivity index (χ0) is 15.6. The Kier molecular flexibility index (Phi) is 4.06. The Morgan fingerprint density at radius 2 is 2.05 bits per heavy atom. The van der Waals surface area contributed by atoms with Gasteiger partial charge in [-0.3, -0.25) is 14.2 Å².